The van der Waals surface area contributed by atoms with Gasteiger partial charge in [0, 0.05) is 0 Å². The Labute approximate surface area is 99.3 Å². The van der Waals surface area contributed by atoms with Crippen LogP contribution in [0.15, 0.2) is 12.7 Å². The first kappa shape index (κ1) is 17.0. The fourth-order valence-electron chi connectivity index (χ4n) is 1.72. The van der Waals surface area contributed by atoms with Crippen LogP contribution in [0.2, 0.25) is 0 Å². The van der Waals surface area contributed by atoms with E-state index in [1.807, 2.05) is 0 Å². The van der Waals surface area contributed by atoms with E-state index < -0.39 is 6.04 Å². The number of nitrogens with two attached hydrogens (primary N) is 1. The lowest BCUT2D eigenvalue weighted by Gasteiger charge is -2.37. The lowest BCUT2D eigenvalue weighted by atomic mass is 10.1. The molecule has 15 heavy (non-hydrogen) atoms. The van der Waals surface area contributed by atoms with E-state index in [2.05, 4.69) is 27.4 Å². The molecule has 0 saturated carbocycles. The summed E-state index contributed by atoms with van der Waals surface area (Å²) in [7, 11) is 0. The number of hydrogen-bond acceptors (Lipinski definition) is 2. The zero-order chi connectivity index (χ0) is 11.2. The molecule has 2 N–H and O–H groups in total. The van der Waals surface area contributed by atoms with Crippen LogP contribution in [0.25, 0.3) is 0 Å². The number of nitrogens with zero attached hydrogens (tertiary/aromatic N) is 1. The van der Waals surface area contributed by atoms with Gasteiger partial charge < -0.3 is 22.6 Å². The number of ketones is 1. The monoisotopic (exact) mass is 234 g/mol. The predicted octanol–water partition coefficient (Wildman–Crippen LogP) is -2.05. The number of halogens is 1. The van der Waals surface area contributed by atoms with Crippen molar-refractivity contribution in [1.82, 2.24) is 0 Å². The average Bonchev–Trinajstić information content (AvgIpc) is 2.24. The van der Waals surface area contributed by atoms with Crippen molar-refractivity contribution >= 4 is 5.78 Å². The van der Waals surface area contributed by atoms with Gasteiger partial charge in [-0.1, -0.05) is 6.58 Å². The number of quaternary nitrogens is 1. The van der Waals surface area contributed by atoms with Crippen molar-refractivity contribution < 1.29 is 21.7 Å². The molecule has 0 aromatic rings. The van der Waals surface area contributed by atoms with Crippen LogP contribution in [0.1, 0.15) is 20.8 Å². The number of likely N-dealkylation sites (N-methyl/N-ethyl adjacent to an activating group) is 1. The quantitative estimate of drug-likeness (QED) is 0.407. The van der Waals surface area contributed by atoms with Crippen molar-refractivity contribution in [2.24, 2.45) is 5.73 Å². The SMILES string of the molecule is C=CC(=O)C(N)C[N+](CC)(CC)CC.[Cl-]. The molecule has 0 rings (SSSR count). The second kappa shape index (κ2) is 7.85. The molecule has 0 saturated heterocycles. The van der Waals surface area contributed by atoms with Gasteiger partial charge in [0.05, 0.1) is 19.6 Å². The van der Waals surface area contributed by atoms with E-state index in [1.54, 1.807) is 0 Å². The minimum Gasteiger partial charge on any atom is -1.00 e. The summed E-state index contributed by atoms with van der Waals surface area (Å²) >= 11 is 0. The molecule has 0 aromatic heterocycles. The molecule has 0 aromatic carbocycles. The topological polar surface area (TPSA) is 43.1 Å². The van der Waals surface area contributed by atoms with Gasteiger partial charge in [-0.05, 0) is 26.8 Å². The first-order chi connectivity index (χ1) is 6.55. The van der Waals surface area contributed by atoms with Gasteiger partial charge in [0.25, 0.3) is 0 Å². The van der Waals surface area contributed by atoms with Crippen molar-refractivity contribution in [1.29, 1.82) is 0 Å². The Bertz CT molecular complexity index is 194. The zero-order valence-corrected chi connectivity index (χ0v) is 10.8. The van der Waals surface area contributed by atoms with Gasteiger partial charge in [-0.2, -0.15) is 0 Å². The number of carbonyl (C=O) groups excluding carboxylic acids is 1. The van der Waals surface area contributed by atoms with Crippen LogP contribution in [0, 0.1) is 0 Å². The maximum Gasteiger partial charge on any atom is 0.177 e. The summed E-state index contributed by atoms with van der Waals surface area (Å²) in [4.78, 5) is 11.3. The normalized spacial score (nSPS) is 12.8. The van der Waals surface area contributed by atoms with Gasteiger partial charge in [0.2, 0.25) is 0 Å². The number of rotatable bonds is 7. The molecule has 0 heterocycles. The van der Waals surface area contributed by atoms with Crippen LogP contribution in [0.4, 0.5) is 0 Å². The van der Waals surface area contributed by atoms with E-state index in [1.165, 1.54) is 6.08 Å². The number of carbonyl (C=O) groups is 1. The molecular formula is C11H23ClN2O. The van der Waals surface area contributed by atoms with Crippen molar-refractivity contribution in [3.8, 4) is 0 Å². The Morgan fingerprint density at radius 2 is 1.73 bits per heavy atom. The predicted molar refractivity (Wildman–Crippen MR) is 59.9 cm³/mol. The third-order valence-corrected chi connectivity index (χ3v) is 3.16. The molecule has 1 unspecified atom stereocenters. The highest BCUT2D eigenvalue weighted by atomic mass is 35.5. The van der Waals surface area contributed by atoms with E-state index >= 15 is 0 Å². The second-order valence-corrected chi connectivity index (χ2v) is 3.69. The van der Waals surface area contributed by atoms with Crippen LogP contribution in [-0.2, 0) is 4.79 Å². The Kier molecular flexibility index (Phi) is 8.92. The average molecular weight is 235 g/mol. The first-order valence-electron chi connectivity index (χ1n) is 5.32. The van der Waals surface area contributed by atoms with Crippen molar-refractivity contribution in [3.05, 3.63) is 12.7 Å². The second-order valence-electron chi connectivity index (χ2n) is 3.69. The molecule has 0 radical (unpaired) electrons. The molecule has 90 valence electrons. The maximum absolute atomic E-state index is 11.3. The third kappa shape index (κ3) is 4.78. The Morgan fingerprint density at radius 1 is 1.33 bits per heavy atom. The summed E-state index contributed by atoms with van der Waals surface area (Å²) in [5.74, 6) is -0.0529. The van der Waals surface area contributed by atoms with E-state index in [0.717, 1.165) is 24.1 Å². The molecule has 0 bridgehead atoms. The summed E-state index contributed by atoms with van der Waals surface area (Å²) in [6.07, 6.45) is 1.32. The smallest absolute Gasteiger partial charge is 0.177 e. The number of hydrogen-bond donors (Lipinski definition) is 1. The molecule has 4 heteroatoms. The van der Waals surface area contributed by atoms with Crippen molar-refractivity contribution in [2.45, 2.75) is 26.8 Å². The highest BCUT2D eigenvalue weighted by Crippen LogP contribution is 2.07. The standard InChI is InChI=1S/C11H23N2O.ClH/c1-5-11(14)10(12)9-13(6-2,7-3)8-4;/h5,10H,1,6-9,12H2,2-4H3;1H/q+1;/p-1. The van der Waals surface area contributed by atoms with Crippen LogP contribution in [-0.4, -0.2) is 42.5 Å². The minimum absolute atomic E-state index is 0. The highest BCUT2D eigenvalue weighted by molar-refractivity contribution is 5.93. The van der Waals surface area contributed by atoms with Crippen LogP contribution >= 0.6 is 0 Å². The summed E-state index contributed by atoms with van der Waals surface area (Å²) in [5, 5.41) is 0. The van der Waals surface area contributed by atoms with E-state index in [4.69, 9.17) is 5.73 Å². The van der Waals surface area contributed by atoms with Gasteiger partial charge in [0.15, 0.2) is 5.78 Å². The first-order valence-corrected chi connectivity index (χ1v) is 5.32. The van der Waals surface area contributed by atoms with E-state index in [9.17, 15) is 4.79 Å². The summed E-state index contributed by atoms with van der Waals surface area (Å²) in [6.45, 7) is 13.6. The largest absolute Gasteiger partial charge is 1.00 e. The van der Waals surface area contributed by atoms with Crippen molar-refractivity contribution in [2.75, 3.05) is 26.2 Å². The Balaban J connectivity index is 0. The molecule has 0 amide bonds. The molecule has 0 fully saturated rings. The molecule has 0 aliphatic rings. The molecule has 1 atom stereocenters. The molecule has 0 aliphatic heterocycles. The van der Waals surface area contributed by atoms with Gasteiger partial charge in [-0.3, -0.25) is 4.79 Å². The highest BCUT2D eigenvalue weighted by Gasteiger charge is 2.26. The third-order valence-electron chi connectivity index (χ3n) is 3.16. The van der Waals surface area contributed by atoms with Gasteiger partial charge >= 0.3 is 0 Å². The van der Waals surface area contributed by atoms with Gasteiger partial charge in [-0.15, -0.1) is 0 Å². The lowest BCUT2D eigenvalue weighted by molar-refractivity contribution is -0.923. The summed E-state index contributed by atoms with van der Waals surface area (Å²) < 4.78 is 0.904. The van der Waals surface area contributed by atoms with Gasteiger partial charge in [-0.25, -0.2) is 0 Å². The van der Waals surface area contributed by atoms with Crippen LogP contribution < -0.4 is 18.1 Å². The molecule has 0 aliphatic carbocycles. The van der Waals surface area contributed by atoms with Crippen LogP contribution in [0.3, 0.4) is 0 Å². The maximum atomic E-state index is 11.3. The molecular weight excluding hydrogens is 212 g/mol. The van der Waals surface area contributed by atoms with Gasteiger partial charge in [0.1, 0.15) is 12.6 Å². The van der Waals surface area contributed by atoms with Crippen LogP contribution in [0.5, 0.6) is 0 Å². The van der Waals surface area contributed by atoms with E-state index in [0.29, 0.717) is 6.54 Å². The Morgan fingerprint density at radius 3 is 2.00 bits per heavy atom. The molecule has 3 nitrogen and oxygen atoms in total. The fraction of sp³-hybridized carbons (Fsp3) is 0.727. The summed E-state index contributed by atoms with van der Waals surface area (Å²) in [6, 6.07) is -0.396. The Hall–Kier alpha value is -0.380. The van der Waals surface area contributed by atoms with E-state index in [-0.39, 0.29) is 18.2 Å². The fourth-order valence-corrected chi connectivity index (χ4v) is 1.72. The minimum atomic E-state index is -0.396. The van der Waals surface area contributed by atoms with Crippen molar-refractivity contribution in [3.63, 3.8) is 0 Å². The molecule has 0 spiro atoms. The zero-order valence-electron chi connectivity index (χ0n) is 10.0. The summed E-state index contributed by atoms with van der Waals surface area (Å²) in [5.41, 5.74) is 5.80. The lowest BCUT2D eigenvalue weighted by Crippen LogP contribution is -3.00.